The molecule has 1 N–H and O–H groups in total. The lowest BCUT2D eigenvalue weighted by atomic mass is 9.74. The first kappa shape index (κ1) is 35.7. The van der Waals surface area contributed by atoms with Gasteiger partial charge >= 0.3 is 5.97 Å². The van der Waals surface area contributed by atoms with E-state index < -0.39 is 32.6 Å². The van der Waals surface area contributed by atoms with Crippen molar-refractivity contribution >= 4 is 23.3 Å². The van der Waals surface area contributed by atoms with E-state index in [-0.39, 0.29) is 37.4 Å². The average molecular weight is 617 g/mol. The minimum Gasteiger partial charge on any atom is -0.468 e. The van der Waals surface area contributed by atoms with E-state index in [1.807, 2.05) is 0 Å². The van der Waals surface area contributed by atoms with Crippen molar-refractivity contribution in [2.75, 3.05) is 41.1 Å². The van der Waals surface area contributed by atoms with Crippen LogP contribution < -0.4 is 5.32 Å². The molecule has 1 unspecified atom stereocenters. The molecule has 1 saturated heterocycles. The van der Waals surface area contributed by atoms with Crippen LogP contribution in [-0.4, -0.2) is 62.8 Å². The van der Waals surface area contributed by atoms with Gasteiger partial charge in [-0.2, -0.15) is 5.26 Å². The van der Waals surface area contributed by atoms with Crippen molar-refractivity contribution in [2.45, 2.75) is 51.4 Å². The fraction of sp³-hybridized carbons (Fsp3) is 0.483. The zero-order valence-electron chi connectivity index (χ0n) is 25.7. The molecule has 0 saturated carbocycles. The topological polar surface area (TPSA) is 202 Å². The molecule has 15 nitrogen and oxygen atoms in total. The molecule has 238 valence electrons. The number of methoxy groups -OCH3 is 1. The predicted octanol–water partition coefficient (Wildman–Crippen LogP) is 3.66. The van der Waals surface area contributed by atoms with Gasteiger partial charge in [0.15, 0.2) is 5.41 Å². The van der Waals surface area contributed by atoms with Crippen LogP contribution in [0.15, 0.2) is 24.3 Å². The van der Waals surface area contributed by atoms with Gasteiger partial charge in [-0.15, -0.1) is 0 Å². The summed E-state index contributed by atoms with van der Waals surface area (Å²) in [6.07, 6.45) is 0.344. The normalized spacial score (nSPS) is 15.9. The molecule has 0 aromatic heterocycles. The molecule has 2 aromatic carbocycles. The van der Waals surface area contributed by atoms with E-state index in [2.05, 4.69) is 21.2 Å². The lowest BCUT2D eigenvalue weighted by Gasteiger charge is -2.32. The Labute approximate surface area is 254 Å². The first-order valence-corrected chi connectivity index (χ1v) is 13.3. The second-order valence-electron chi connectivity index (χ2n) is 10.3. The van der Waals surface area contributed by atoms with Crippen molar-refractivity contribution in [1.29, 1.82) is 5.26 Å². The molecular weight excluding hydrogens is 580 g/mol. The van der Waals surface area contributed by atoms with Crippen molar-refractivity contribution in [2.24, 2.45) is 0 Å². The molecule has 2 aromatic rings. The minimum absolute atomic E-state index is 0.00470. The van der Waals surface area contributed by atoms with Gasteiger partial charge in [0.25, 0.3) is 11.4 Å². The highest BCUT2D eigenvalue weighted by Gasteiger charge is 2.53. The zero-order valence-corrected chi connectivity index (χ0v) is 25.7. The number of ether oxygens (including phenoxy) is 1. The van der Waals surface area contributed by atoms with Crippen LogP contribution in [-0.2, 0) is 44.7 Å². The molecule has 1 heterocycles. The molecule has 0 bridgehead atoms. The van der Waals surface area contributed by atoms with Gasteiger partial charge in [-0.05, 0) is 67.5 Å². The quantitative estimate of drug-likeness (QED) is 0.119. The summed E-state index contributed by atoms with van der Waals surface area (Å²) in [6.45, 7) is 7.27. The first-order chi connectivity index (χ1) is 20.8. The standard InChI is InChI=1S/C15H20N2O6.C14H16N2O5/c1-11-7-13(17(18)19)8-12(2)14(11)15(5-6-16,9-22-20-3)10-23-21-4;1-8-6-10(16(19)20)7-9(2)11(8)14(13(18)21-3)4-5-15-12(14)17/h7-8H,5,9-10H2,1-4H3;6-7H,4-5H2,1-3H3,(H,15,17). The van der Waals surface area contributed by atoms with Gasteiger partial charge in [-0.25, -0.2) is 19.6 Å². The molecule has 1 amide bonds. The highest BCUT2D eigenvalue weighted by molar-refractivity contribution is 6.10. The number of aryl methyl sites for hydroxylation is 4. The zero-order chi connectivity index (χ0) is 33.2. The van der Waals surface area contributed by atoms with Crippen LogP contribution in [0.25, 0.3) is 0 Å². The number of amides is 1. The molecule has 15 heteroatoms. The van der Waals surface area contributed by atoms with Crippen LogP contribution in [0, 0.1) is 59.3 Å². The van der Waals surface area contributed by atoms with Crippen molar-refractivity contribution in [3.8, 4) is 6.07 Å². The summed E-state index contributed by atoms with van der Waals surface area (Å²) in [5.41, 5.74) is 1.30. The van der Waals surface area contributed by atoms with Crippen LogP contribution >= 0.6 is 0 Å². The number of non-ortho nitro benzene ring substituents is 2. The third-order valence-corrected chi connectivity index (χ3v) is 7.44. The number of nitro benzene ring substituents is 2. The molecular formula is C29H36N4O11. The molecule has 1 fully saturated rings. The number of carbonyl (C=O) groups is 2. The van der Waals surface area contributed by atoms with E-state index in [0.29, 0.717) is 34.4 Å². The number of nitrogens with one attached hydrogen (secondary N) is 1. The Balaban J connectivity index is 0.000000308. The van der Waals surface area contributed by atoms with Crippen LogP contribution in [0.5, 0.6) is 0 Å². The van der Waals surface area contributed by atoms with E-state index in [1.54, 1.807) is 27.7 Å². The fourth-order valence-corrected chi connectivity index (χ4v) is 5.81. The monoisotopic (exact) mass is 616 g/mol. The Morgan fingerprint density at radius 2 is 1.39 bits per heavy atom. The molecule has 1 atom stereocenters. The Hall–Kier alpha value is -4.49. The lowest BCUT2D eigenvalue weighted by Crippen LogP contribution is -2.44. The highest BCUT2D eigenvalue weighted by atomic mass is 17.2. The number of esters is 1. The predicted molar refractivity (Wildman–Crippen MR) is 154 cm³/mol. The molecule has 3 rings (SSSR count). The van der Waals surface area contributed by atoms with Crippen LogP contribution in [0.1, 0.15) is 46.2 Å². The summed E-state index contributed by atoms with van der Waals surface area (Å²) in [5.74, 6) is -1.06. The van der Waals surface area contributed by atoms with Crippen molar-refractivity contribution in [3.05, 3.63) is 77.9 Å². The Morgan fingerprint density at radius 3 is 1.73 bits per heavy atom. The second kappa shape index (κ2) is 15.3. The number of hydrogen-bond acceptors (Lipinski definition) is 12. The van der Waals surface area contributed by atoms with Gasteiger partial charge < -0.3 is 10.1 Å². The van der Waals surface area contributed by atoms with Crippen molar-refractivity contribution in [3.63, 3.8) is 0 Å². The van der Waals surface area contributed by atoms with Crippen molar-refractivity contribution < 1.29 is 43.7 Å². The highest BCUT2D eigenvalue weighted by Crippen LogP contribution is 2.39. The summed E-state index contributed by atoms with van der Waals surface area (Å²) in [5, 5.41) is 33.8. The minimum atomic E-state index is -1.42. The maximum absolute atomic E-state index is 12.3. The van der Waals surface area contributed by atoms with E-state index >= 15 is 0 Å². The van der Waals surface area contributed by atoms with Gasteiger partial charge in [-0.1, -0.05) is 0 Å². The van der Waals surface area contributed by atoms with Crippen LogP contribution in [0.3, 0.4) is 0 Å². The Kier molecular flexibility index (Phi) is 12.4. The van der Waals surface area contributed by atoms with E-state index in [0.717, 1.165) is 5.56 Å². The maximum atomic E-state index is 12.3. The summed E-state index contributed by atoms with van der Waals surface area (Å²) in [7, 11) is 3.96. The number of hydrogen-bond donors (Lipinski definition) is 1. The summed E-state index contributed by atoms with van der Waals surface area (Å²) in [4.78, 5) is 65.0. The molecule has 44 heavy (non-hydrogen) atoms. The second-order valence-corrected chi connectivity index (χ2v) is 10.3. The number of carbonyl (C=O) groups excluding carboxylic acids is 2. The van der Waals surface area contributed by atoms with Gasteiger partial charge in [-0.3, -0.25) is 29.8 Å². The third kappa shape index (κ3) is 7.34. The first-order valence-electron chi connectivity index (χ1n) is 13.3. The fourth-order valence-electron chi connectivity index (χ4n) is 5.81. The smallest absolute Gasteiger partial charge is 0.326 e. The Bertz CT molecular complexity index is 1400. The summed E-state index contributed by atoms with van der Waals surface area (Å²) >= 11 is 0. The molecule has 1 aliphatic rings. The van der Waals surface area contributed by atoms with Crippen molar-refractivity contribution in [1.82, 2.24) is 5.32 Å². The molecule has 1 aliphatic heterocycles. The largest absolute Gasteiger partial charge is 0.468 e. The number of nitro groups is 2. The van der Waals surface area contributed by atoms with Gasteiger partial charge in [0.05, 0.1) is 55.9 Å². The van der Waals surface area contributed by atoms with E-state index in [4.69, 9.17) is 14.5 Å². The molecule has 0 spiro atoms. The van der Waals surface area contributed by atoms with Crippen LogP contribution in [0.2, 0.25) is 0 Å². The number of nitriles is 1. The number of nitrogens with zero attached hydrogens (tertiary/aromatic N) is 3. The Morgan fingerprint density at radius 1 is 0.932 bits per heavy atom. The van der Waals surface area contributed by atoms with E-state index in [1.165, 1.54) is 45.6 Å². The maximum Gasteiger partial charge on any atom is 0.326 e. The van der Waals surface area contributed by atoms with Gasteiger partial charge in [0.1, 0.15) is 0 Å². The summed E-state index contributed by atoms with van der Waals surface area (Å²) in [6, 6.07) is 7.79. The number of rotatable bonds is 12. The third-order valence-electron chi connectivity index (χ3n) is 7.44. The molecule has 0 radical (unpaired) electrons. The molecule has 0 aliphatic carbocycles. The van der Waals surface area contributed by atoms with E-state index in [9.17, 15) is 35.1 Å². The van der Waals surface area contributed by atoms with Crippen LogP contribution in [0.4, 0.5) is 11.4 Å². The summed E-state index contributed by atoms with van der Waals surface area (Å²) < 4.78 is 4.82. The van der Waals surface area contributed by atoms with Gasteiger partial charge in [0.2, 0.25) is 5.91 Å². The van der Waals surface area contributed by atoms with Gasteiger partial charge in [0, 0.05) is 37.2 Å². The average Bonchev–Trinajstić information content (AvgIpc) is 3.35. The lowest BCUT2D eigenvalue weighted by molar-refractivity contribution is -0.385. The SMILES string of the molecule is COC(=O)C1(c2c(C)cc([N+](=O)[O-])cc2C)CCNC1=O.COOCC(CC#N)(COOC)c1c(C)cc([N+](=O)[O-])cc1C. The number of benzene rings is 2.